The van der Waals surface area contributed by atoms with Gasteiger partial charge in [0.1, 0.15) is 5.65 Å². The van der Waals surface area contributed by atoms with Gasteiger partial charge in [0, 0.05) is 42.5 Å². The maximum absolute atomic E-state index is 4.81. The third-order valence-corrected chi connectivity index (χ3v) is 4.43. The van der Waals surface area contributed by atoms with E-state index in [0.29, 0.717) is 5.92 Å². The van der Waals surface area contributed by atoms with Gasteiger partial charge in [0.15, 0.2) is 0 Å². The first-order chi connectivity index (χ1) is 12.0. The van der Waals surface area contributed by atoms with Gasteiger partial charge in [0.05, 0.1) is 17.1 Å². The Bertz CT molecular complexity index is 1060. The molecule has 0 radical (unpaired) electrons. The summed E-state index contributed by atoms with van der Waals surface area (Å²) < 4.78 is 3.99. The molecule has 4 aromatic rings. The number of pyridine rings is 2. The number of rotatable bonds is 3. The van der Waals surface area contributed by atoms with Crippen molar-refractivity contribution in [1.29, 1.82) is 0 Å². The number of fused-ring (bicyclic) bond motifs is 1. The molecule has 0 saturated heterocycles. The highest BCUT2D eigenvalue weighted by molar-refractivity contribution is 5.82. The van der Waals surface area contributed by atoms with Gasteiger partial charge in [-0.25, -0.2) is 4.98 Å². The fourth-order valence-corrected chi connectivity index (χ4v) is 3.27. The molecule has 5 nitrogen and oxygen atoms in total. The molecule has 4 rings (SSSR count). The van der Waals surface area contributed by atoms with E-state index in [9.17, 15) is 0 Å². The fourth-order valence-electron chi connectivity index (χ4n) is 3.27. The summed E-state index contributed by atoms with van der Waals surface area (Å²) in [6.45, 7) is 6.37. The lowest BCUT2D eigenvalue weighted by molar-refractivity contribution is 0.716. The number of imidazole rings is 1. The molecule has 0 N–H and O–H groups in total. The Labute approximate surface area is 147 Å². The van der Waals surface area contributed by atoms with Gasteiger partial charge < -0.3 is 4.40 Å². The zero-order chi connectivity index (χ0) is 17.6. The third kappa shape index (κ3) is 2.61. The van der Waals surface area contributed by atoms with Crippen LogP contribution in [0.4, 0.5) is 0 Å². The van der Waals surface area contributed by atoms with Crippen LogP contribution in [0.25, 0.3) is 28.2 Å². The summed E-state index contributed by atoms with van der Waals surface area (Å²) in [6, 6.07) is 10.3. The first-order valence-electron chi connectivity index (χ1n) is 8.48. The summed E-state index contributed by atoms with van der Waals surface area (Å²) in [5.41, 5.74) is 7.29. The van der Waals surface area contributed by atoms with Crippen LogP contribution >= 0.6 is 0 Å². The minimum Gasteiger partial charge on any atom is -0.306 e. The number of hydrogen-bond donors (Lipinski definition) is 0. The number of aromatic nitrogens is 5. The molecule has 0 aliphatic carbocycles. The van der Waals surface area contributed by atoms with Crippen molar-refractivity contribution >= 4 is 5.65 Å². The van der Waals surface area contributed by atoms with Crippen molar-refractivity contribution in [2.24, 2.45) is 7.05 Å². The summed E-state index contributed by atoms with van der Waals surface area (Å²) in [5, 5.41) is 4.81. The molecule has 0 aromatic carbocycles. The van der Waals surface area contributed by atoms with Crippen molar-refractivity contribution in [3.05, 3.63) is 60.3 Å². The van der Waals surface area contributed by atoms with Crippen LogP contribution in [0, 0.1) is 6.92 Å². The SMILES string of the molecule is Cc1cccc(-c2c(-c3ccc4nccn4c3)c(C(C)C)nn2C)n1. The minimum atomic E-state index is 0.318. The third-order valence-electron chi connectivity index (χ3n) is 4.43. The predicted molar refractivity (Wildman–Crippen MR) is 99.5 cm³/mol. The van der Waals surface area contributed by atoms with Crippen LogP contribution in [-0.4, -0.2) is 24.1 Å². The van der Waals surface area contributed by atoms with Crippen molar-refractivity contribution < 1.29 is 0 Å². The average molecular weight is 331 g/mol. The molecule has 0 bridgehead atoms. The van der Waals surface area contributed by atoms with Gasteiger partial charge in [-0.2, -0.15) is 5.10 Å². The Morgan fingerprint density at radius 3 is 2.68 bits per heavy atom. The lowest BCUT2D eigenvalue weighted by Gasteiger charge is -2.10. The van der Waals surface area contributed by atoms with Crippen LogP contribution in [0.15, 0.2) is 48.9 Å². The molecular formula is C20H21N5. The largest absolute Gasteiger partial charge is 0.306 e. The van der Waals surface area contributed by atoms with E-state index in [4.69, 9.17) is 10.1 Å². The maximum Gasteiger partial charge on any atom is 0.136 e. The molecule has 0 aliphatic rings. The van der Waals surface area contributed by atoms with E-state index in [1.165, 1.54) is 0 Å². The van der Waals surface area contributed by atoms with Gasteiger partial charge in [-0.1, -0.05) is 19.9 Å². The normalized spacial score (nSPS) is 11.6. The van der Waals surface area contributed by atoms with Gasteiger partial charge in [-0.05, 0) is 37.1 Å². The minimum absolute atomic E-state index is 0.318. The zero-order valence-electron chi connectivity index (χ0n) is 14.9. The molecule has 0 aliphatic heterocycles. The Balaban J connectivity index is 2.01. The number of nitrogens with zero attached hydrogens (tertiary/aromatic N) is 5. The van der Waals surface area contributed by atoms with Crippen LogP contribution in [0.1, 0.15) is 31.2 Å². The topological polar surface area (TPSA) is 48.0 Å². The maximum atomic E-state index is 4.81. The van der Waals surface area contributed by atoms with Gasteiger partial charge in [0.25, 0.3) is 0 Å². The van der Waals surface area contributed by atoms with E-state index in [-0.39, 0.29) is 0 Å². The predicted octanol–water partition coefficient (Wildman–Crippen LogP) is 4.23. The lowest BCUT2D eigenvalue weighted by atomic mass is 9.97. The second-order valence-electron chi connectivity index (χ2n) is 6.66. The fraction of sp³-hybridized carbons (Fsp3) is 0.250. The highest BCUT2D eigenvalue weighted by Crippen LogP contribution is 2.37. The van der Waals surface area contributed by atoms with Crippen LogP contribution in [-0.2, 0) is 7.05 Å². The molecule has 126 valence electrons. The van der Waals surface area contributed by atoms with Gasteiger partial charge in [0.2, 0.25) is 0 Å². The van der Waals surface area contributed by atoms with Crippen molar-refractivity contribution in [2.75, 3.05) is 0 Å². The second-order valence-corrected chi connectivity index (χ2v) is 6.66. The zero-order valence-corrected chi connectivity index (χ0v) is 14.9. The molecule has 0 spiro atoms. The Hall–Kier alpha value is -2.95. The van der Waals surface area contributed by atoms with E-state index < -0.39 is 0 Å². The Kier molecular flexibility index (Phi) is 3.64. The lowest BCUT2D eigenvalue weighted by Crippen LogP contribution is -1.97. The van der Waals surface area contributed by atoms with E-state index in [2.05, 4.69) is 31.1 Å². The highest BCUT2D eigenvalue weighted by Gasteiger charge is 2.22. The summed E-state index contributed by atoms with van der Waals surface area (Å²) in [4.78, 5) is 9.07. The van der Waals surface area contributed by atoms with E-state index >= 15 is 0 Å². The molecule has 0 unspecified atom stereocenters. The number of aryl methyl sites for hydroxylation is 2. The molecule has 4 aromatic heterocycles. The highest BCUT2D eigenvalue weighted by atomic mass is 15.3. The Morgan fingerprint density at radius 2 is 1.92 bits per heavy atom. The number of hydrogen-bond acceptors (Lipinski definition) is 3. The quantitative estimate of drug-likeness (QED) is 0.564. The summed E-state index contributed by atoms with van der Waals surface area (Å²) in [7, 11) is 1.99. The molecule has 5 heteroatoms. The van der Waals surface area contributed by atoms with E-state index in [0.717, 1.165) is 39.5 Å². The molecule has 0 atom stereocenters. The molecule has 25 heavy (non-hydrogen) atoms. The van der Waals surface area contributed by atoms with Crippen LogP contribution in [0.3, 0.4) is 0 Å². The van der Waals surface area contributed by atoms with Crippen molar-refractivity contribution in [1.82, 2.24) is 24.1 Å². The molecular weight excluding hydrogens is 310 g/mol. The van der Waals surface area contributed by atoms with E-state index in [1.54, 1.807) is 0 Å². The molecule has 4 heterocycles. The van der Waals surface area contributed by atoms with Crippen LogP contribution < -0.4 is 0 Å². The van der Waals surface area contributed by atoms with Crippen molar-refractivity contribution in [3.63, 3.8) is 0 Å². The van der Waals surface area contributed by atoms with Gasteiger partial charge >= 0.3 is 0 Å². The standard InChI is InChI=1S/C20H21N5/c1-13(2)19-18(15-8-9-17-21-10-11-25(17)12-15)20(24(4)23-19)16-7-5-6-14(3)22-16/h5-13H,1-4H3. The first-order valence-corrected chi connectivity index (χ1v) is 8.48. The average Bonchev–Trinajstić information content (AvgIpc) is 3.18. The smallest absolute Gasteiger partial charge is 0.136 e. The summed E-state index contributed by atoms with van der Waals surface area (Å²) >= 11 is 0. The molecule has 0 amide bonds. The van der Waals surface area contributed by atoms with Crippen molar-refractivity contribution in [3.8, 4) is 22.5 Å². The second kappa shape index (κ2) is 5.84. The van der Waals surface area contributed by atoms with E-state index in [1.807, 2.05) is 59.7 Å². The van der Waals surface area contributed by atoms with Gasteiger partial charge in [-0.3, -0.25) is 9.67 Å². The summed E-state index contributed by atoms with van der Waals surface area (Å²) in [5.74, 6) is 0.318. The monoisotopic (exact) mass is 331 g/mol. The van der Waals surface area contributed by atoms with Crippen LogP contribution in [0.5, 0.6) is 0 Å². The van der Waals surface area contributed by atoms with Gasteiger partial charge in [-0.15, -0.1) is 0 Å². The molecule has 0 saturated carbocycles. The van der Waals surface area contributed by atoms with Crippen molar-refractivity contribution in [2.45, 2.75) is 26.7 Å². The molecule has 0 fully saturated rings. The summed E-state index contributed by atoms with van der Waals surface area (Å²) in [6.07, 6.45) is 5.90. The Morgan fingerprint density at radius 1 is 1.08 bits per heavy atom. The first kappa shape index (κ1) is 15.6. The van der Waals surface area contributed by atoms with Crippen LogP contribution in [0.2, 0.25) is 0 Å².